The third-order valence-electron chi connectivity index (χ3n) is 29.3. The van der Waals surface area contributed by atoms with E-state index in [1.165, 1.54) is 16.7 Å². The van der Waals surface area contributed by atoms with Crippen molar-refractivity contribution < 1.29 is 27.4 Å². The first-order chi connectivity index (χ1) is 65.8. The van der Waals surface area contributed by atoms with Gasteiger partial charge in [0.2, 0.25) is 5.91 Å². The maximum absolute atomic E-state index is 12.6. The summed E-state index contributed by atoms with van der Waals surface area (Å²) < 4.78 is 42.3. The van der Waals surface area contributed by atoms with E-state index in [9.17, 15) is 13.2 Å². The lowest BCUT2D eigenvalue weighted by molar-refractivity contribution is -0.130. The number of amides is 1. The molecule has 0 aliphatic carbocycles. The molecular formula is C98H135Cl5N26O6S. The Morgan fingerprint density at radius 2 is 0.640 bits per heavy atom. The van der Waals surface area contributed by atoms with Gasteiger partial charge in [0, 0.05) is 191 Å². The number of carbonyl (C=O) groups excluding carboxylic acids is 1. The number of sulfone groups is 1. The third kappa shape index (κ3) is 27.5. The van der Waals surface area contributed by atoms with Crippen molar-refractivity contribution in [2.24, 2.45) is 79.7 Å². The second-order valence-corrected chi connectivity index (χ2v) is 43.1. The summed E-state index contributed by atoms with van der Waals surface area (Å²) in [5.74, 6) is 8.64. The van der Waals surface area contributed by atoms with Gasteiger partial charge in [-0.2, -0.15) is 0 Å². The minimum Gasteiger partial charge on any atom is -0.385 e. The molecule has 0 bridgehead atoms. The molecule has 15 heterocycles. The number of halogens is 5. The molecule has 32 nitrogen and oxygen atoms in total. The topological polar surface area (TPSA) is 377 Å². The van der Waals surface area contributed by atoms with E-state index in [-0.39, 0.29) is 41.7 Å². The van der Waals surface area contributed by atoms with Gasteiger partial charge in [-0.1, -0.05) is 119 Å². The molecule has 0 radical (unpaired) electrons. The van der Waals surface area contributed by atoms with Gasteiger partial charge in [-0.15, -0.1) is 51.0 Å². The highest BCUT2D eigenvalue weighted by atomic mass is 35.5. The van der Waals surface area contributed by atoms with Gasteiger partial charge in [0.15, 0.2) is 9.84 Å². The molecule has 0 spiro atoms. The highest BCUT2D eigenvalue weighted by molar-refractivity contribution is 7.91. The molecule has 0 aromatic heterocycles. The molecule has 15 aliphatic rings. The number of carbonyl (C=O) groups is 1. The van der Waals surface area contributed by atoms with Crippen LogP contribution in [0.1, 0.15) is 144 Å². The monoisotopic (exact) mass is 1980 g/mol. The molecule has 0 unspecified atom stereocenters. The van der Waals surface area contributed by atoms with Crippen LogP contribution in [0.2, 0.25) is 25.1 Å². The van der Waals surface area contributed by atoms with Gasteiger partial charge in [0.1, 0.15) is 58.4 Å². The fourth-order valence-electron chi connectivity index (χ4n) is 22.0. The number of benzene rings is 5. The lowest BCUT2D eigenvalue weighted by Crippen LogP contribution is -2.61. The first-order valence-electron chi connectivity index (χ1n) is 48.7. The smallest absolute Gasteiger partial charge is 0.237 e. The zero-order valence-corrected chi connectivity index (χ0v) is 83.2. The summed E-state index contributed by atoms with van der Waals surface area (Å²) in [7, 11) is -1.16. The van der Waals surface area contributed by atoms with Gasteiger partial charge in [-0.25, -0.2) is 8.42 Å². The molecule has 1 amide bonds. The van der Waals surface area contributed by atoms with Crippen molar-refractivity contribution in [3.05, 3.63) is 174 Å². The van der Waals surface area contributed by atoms with Crippen molar-refractivity contribution in [2.45, 2.75) is 227 Å². The summed E-state index contributed by atoms with van der Waals surface area (Å²) in [6.07, 6.45) is 20.7. The van der Waals surface area contributed by atoms with Crippen molar-refractivity contribution in [3.63, 3.8) is 0 Å². The van der Waals surface area contributed by atoms with Crippen LogP contribution in [0.5, 0.6) is 0 Å². The molecule has 38 heteroatoms. The lowest BCUT2D eigenvalue weighted by atomic mass is 9.95. The Hall–Kier alpha value is -8.65. The van der Waals surface area contributed by atoms with E-state index in [0.717, 1.165) is 262 Å². The second kappa shape index (κ2) is 47.5. The van der Waals surface area contributed by atoms with E-state index in [4.69, 9.17) is 101 Å². The number of hydrogen-bond acceptors (Lipinski definition) is 31. The Morgan fingerprint density at radius 1 is 0.360 bits per heavy atom. The van der Waals surface area contributed by atoms with E-state index in [2.05, 4.69) is 156 Å². The summed E-state index contributed by atoms with van der Waals surface area (Å²) in [6.45, 7) is 21.0. The number of methoxy groups -OCH3 is 1. The van der Waals surface area contributed by atoms with E-state index in [0.29, 0.717) is 140 Å². The summed E-state index contributed by atoms with van der Waals surface area (Å²) in [4.78, 5) is 37.0. The Morgan fingerprint density at radius 3 is 0.941 bits per heavy atom. The van der Waals surface area contributed by atoms with Gasteiger partial charge in [0.05, 0.1) is 81.2 Å². The van der Waals surface area contributed by atoms with E-state index in [1.807, 2.05) is 92.0 Å². The quantitative estimate of drug-likeness (QED) is 0.0534. The normalized spacial score (nSPS) is 26.6. The molecule has 10 fully saturated rings. The number of nitrogens with one attached hydrogen (secondary N) is 1. The van der Waals surface area contributed by atoms with E-state index < -0.39 is 9.84 Å². The fourth-order valence-corrected chi connectivity index (χ4v) is 24.2. The standard InChI is InChI=1S/3C20H28ClN5O.C19H25ClN6O.C19H26ClN5O2S/c1-27-18-11-17(10-14-2-4-15(21)5-3-14)26(13-18)16-6-8-25(9-7-16)20-12-19(22)23-24-20;2*1-14-12-26(18(13-27-14)10-15-2-4-16(21)5-3-15)17-6-8-25(9-7-17)20-11-19(22)23-24-20;20-14-3-1-13(2-4-14)11-16-19(27)22-7-10-26(16)15-5-8-25(9-6-15)18-12-17(21)23-24-18;20-15-3-1-14(2-4-15)11-17-13-28(26,27)10-9-25(17)16-5-7-24(8-6-16)19-12-18(21)22-23-19/h2-5,16-18H,6-13H2,1H3,(H2,22,23);2*2-5,14,17-18H,6-13H2,1H3,(H2,22,23);1-4,15-16H,5-12H2,(H2,21,23)(H,22,27);1-4,16-17H,5-13H2,(H2,21,22)/t17-,18-;14-,18+;14-,18-;16-;17-/m01100/s1. The van der Waals surface area contributed by atoms with Gasteiger partial charge < -0.3 is 72.7 Å². The molecule has 8 atom stereocenters. The molecule has 11 N–H and O–H groups in total. The number of nitrogens with zero attached hydrogens (tertiary/aromatic N) is 20. The van der Waals surface area contributed by atoms with E-state index >= 15 is 0 Å². The van der Waals surface area contributed by atoms with Crippen molar-refractivity contribution >= 4 is 132 Å². The van der Waals surface area contributed by atoms with Crippen LogP contribution in [0.15, 0.2) is 172 Å². The number of piperazine rings is 1. The molecule has 5 aromatic rings. The van der Waals surface area contributed by atoms with Crippen LogP contribution < -0.4 is 34.0 Å². The lowest BCUT2D eigenvalue weighted by Gasteiger charge is -2.46. The number of amidine groups is 10. The minimum atomic E-state index is -2.99. The highest BCUT2D eigenvalue weighted by Gasteiger charge is 2.44. The first-order valence-corrected chi connectivity index (χ1v) is 52.4. The molecule has 20 rings (SSSR count). The Kier molecular flexibility index (Phi) is 35.1. The zero-order valence-electron chi connectivity index (χ0n) is 78.6. The number of piperidine rings is 5. The Labute approximate surface area is 826 Å². The average Bonchev–Trinajstić information content (AvgIpc) is 1.11. The second-order valence-electron chi connectivity index (χ2n) is 38.6. The maximum atomic E-state index is 12.6. The SMILES string of the molecule is CO[C@H]1C[C@H](Cc2ccc(Cl)cc2)N(C2CCN(C3=NN=C(N)C3)CC2)C1.C[C@@H]1CN(C2CCN(C3=NN=C(N)C3)CC2)[C@@H](Cc2ccc(Cl)cc2)CO1.C[C@@H]1CN(C2CCN(C3=NN=C(N)C3)CC2)[C@H](Cc2ccc(Cl)cc2)CO1.NC1=NN=C(N2CCC(N3CCNC(=O)[C@@H]3Cc3ccc(Cl)cc3)CC2)C1.NC1=NN=C(N2CCC(N3CCS(=O)(=O)C[C@@H]3Cc3ccc(Cl)cc3)CC2)C1. The number of morpholine rings is 2. The summed E-state index contributed by atoms with van der Waals surface area (Å²) in [5, 5.41) is 47.7. The number of likely N-dealkylation sites (tertiary alicyclic amines) is 6. The fraction of sp³-hybridized carbons (Fsp3) is 0.582. The first kappa shape index (κ1) is 100. The molecule has 734 valence electrons. The van der Waals surface area contributed by atoms with E-state index in [1.54, 1.807) is 0 Å². The van der Waals surface area contributed by atoms with Crippen LogP contribution in [0, 0.1) is 0 Å². The summed E-state index contributed by atoms with van der Waals surface area (Å²) in [5.41, 5.74) is 35.0. The predicted molar refractivity (Wildman–Crippen MR) is 548 cm³/mol. The van der Waals surface area contributed by atoms with Crippen molar-refractivity contribution in [1.29, 1.82) is 0 Å². The third-order valence-corrected chi connectivity index (χ3v) is 32.2. The van der Waals surface area contributed by atoms with Crippen LogP contribution in [-0.4, -0.2) is 337 Å². The highest BCUT2D eigenvalue weighted by Crippen LogP contribution is 2.35. The van der Waals surface area contributed by atoms with Gasteiger partial charge in [-0.3, -0.25) is 29.3 Å². The molecule has 15 aliphatic heterocycles. The number of hydrogen-bond donors (Lipinski definition) is 6. The van der Waals surface area contributed by atoms with Crippen LogP contribution in [-0.2, 0) is 60.9 Å². The van der Waals surface area contributed by atoms with Crippen LogP contribution in [0.25, 0.3) is 0 Å². The van der Waals surface area contributed by atoms with Crippen molar-refractivity contribution in [1.82, 2.24) is 54.3 Å². The molecule has 0 saturated carbocycles. The molecular weight excluding hydrogens is 1850 g/mol. The van der Waals surface area contributed by atoms with Crippen LogP contribution in [0.3, 0.4) is 0 Å². The van der Waals surface area contributed by atoms with Gasteiger partial charge in [-0.05, 0) is 205 Å². The Bertz CT molecular complexity index is 5080. The largest absolute Gasteiger partial charge is 0.385 e. The zero-order chi connectivity index (χ0) is 94.9. The van der Waals surface area contributed by atoms with Gasteiger partial charge >= 0.3 is 0 Å². The number of nitrogens with two attached hydrogens (primary N) is 5. The number of ether oxygens (including phenoxy) is 3. The summed E-state index contributed by atoms with van der Waals surface area (Å²) >= 11 is 30.1. The van der Waals surface area contributed by atoms with Crippen LogP contribution >= 0.6 is 58.0 Å². The molecule has 10 saturated heterocycles. The summed E-state index contributed by atoms with van der Waals surface area (Å²) in [6, 6.07) is 44.0. The minimum absolute atomic E-state index is 0.0132. The van der Waals surface area contributed by atoms with Crippen LogP contribution in [0.4, 0.5) is 0 Å². The maximum Gasteiger partial charge on any atom is 0.237 e. The molecule has 136 heavy (non-hydrogen) atoms. The Balaban J connectivity index is 0.000000123. The van der Waals surface area contributed by atoms with Crippen molar-refractivity contribution in [3.8, 4) is 0 Å². The molecule has 5 aromatic carbocycles. The number of rotatable bonds is 16. The van der Waals surface area contributed by atoms with Crippen molar-refractivity contribution in [2.75, 3.05) is 137 Å². The average molecular weight is 1980 g/mol. The van der Waals surface area contributed by atoms with Gasteiger partial charge in [0.25, 0.3) is 0 Å². The predicted octanol–water partition coefficient (Wildman–Crippen LogP) is 10.3.